The molecular formula is C23H24F3N2O4PS. The number of benzene rings is 2. The second-order valence-electron chi connectivity index (χ2n) is 7.13. The molecule has 2 aromatic carbocycles. The van der Waals surface area contributed by atoms with Crippen molar-refractivity contribution in [2.75, 3.05) is 13.2 Å². The van der Waals surface area contributed by atoms with Gasteiger partial charge in [-0.2, -0.15) is 18.2 Å². The van der Waals surface area contributed by atoms with E-state index in [1.54, 1.807) is 32.9 Å². The summed E-state index contributed by atoms with van der Waals surface area (Å²) in [6.45, 7) is 4.41. The van der Waals surface area contributed by atoms with E-state index >= 15 is 0 Å². The lowest BCUT2D eigenvalue weighted by molar-refractivity contribution is -0.137. The molecular weight excluding hydrogens is 488 g/mol. The van der Waals surface area contributed by atoms with Crippen LogP contribution < -0.4 is 9.26 Å². The molecule has 0 atom stereocenters. The monoisotopic (exact) mass is 512 g/mol. The fourth-order valence-electron chi connectivity index (χ4n) is 2.89. The van der Waals surface area contributed by atoms with Crippen LogP contribution in [0.25, 0.3) is 11.4 Å². The van der Waals surface area contributed by atoms with E-state index in [2.05, 4.69) is 9.97 Å². The summed E-state index contributed by atoms with van der Waals surface area (Å²) < 4.78 is 62.0. The van der Waals surface area contributed by atoms with Crippen LogP contribution in [0, 0.1) is 13.8 Å². The van der Waals surface area contributed by atoms with Gasteiger partial charge in [0.05, 0.1) is 24.5 Å². The molecule has 6 nitrogen and oxygen atoms in total. The Bertz CT molecular complexity index is 1160. The summed E-state index contributed by atoms with van der Waals surface area (Å²) in [5.41, 5.74) is 1.04. The van der Waals surface area contributed by atoms with Crippen LogP contribution in [-0.2, 0) is 27.0 Å². The van der Waals surface area contributed by atoms with Crippen molar-refractivity contribution >= 4 is 18.5 Å². The molecule has 34 heavy (non-hydrogen) atoms. The van der Waals surface area contributed by atoms with Crippen molar-refractivity contribution in [2.24, 2.45) is 0 Å². The number of aromatic nitrogens is 2. The van der Waals surface area contributed by atoms with Crippen molar-refractivity contribution in [1.29, 1.82) is 0 Å². The Morgan fingerprint density at radius 2 is 1.47 bits per heavy atom. The molecule has 0 fully saturated rings. The Balaban J connectivity index is 2.08. The molecule has 0 saturated heterocycles. The quantitative estimate of drug-likeness (QED) is 0.280. The van der Waals surface area contributed by atoms with E-state index in [0.29, 0.717) is 17.0 Å². The van der Waals surface area contributed by atoms with Gasteiger partial charge in [0.25, 0.3) is 5.88 Å². The first-order chi connectivity index (χ1) is 16.0. The van der Waals surface area contributed by atoms with Crippen molar-refractivity contribution in [1.82, 2.24) is 9.97 Å². The normalized spacial score (nSPS) is 12.0. The van der Waals surface area contributed by atoms with Gasteiger partial charge in [-0.3, -0.25) is 9.05 Å². The Labute approximate surface area is 201 Å². The van der Waals surface area contributed by atoms with Crippen LogP contribution >= 0.6 is 6.72 Å². The molecule has 0 aliphatic rings. The van der Waals surface area contributed by atoms with Crippen molar-refractivity contribution in [3.05, 3.63) is 65.4 Å². The van der Waals surface area contributed by atoms with Crippen LogP contribution in [0.2, 0.25) is 0 Å². The predicted octanol–water partition coefficient (Wildman–Crippen LogP) is 7.25. The fraction of sp³-hybridized carbons (Fsp3) is 0.304. The van der Waals surface area contributed by atoms with E-state index in [0.717, 1.165) is 17.7 Å². The Hall–Kier alpha value is -2.52. The number of hydrogen-bond donors (Lipinski definition) is 0. The minimum atomic E-state index is -4.45. The molecule has 11 heteroatoms. The average molecular weight is 512 g/mol. The number of nitrogens with zero attached hydrogens (tertiary/aromatic N) is 2. The third-order valence-corrected chi connectivity index (χ3v) is 6.89. The van der Waals surface area contributed by atoms with Crippen molar-refractivity contribution in [3.8, 4) is 28.8 Å². The van der Waals surface area contributed by atoms with E-state index in [9.17, 15) is 13.2 Å². The number of hydrogen-bond acceptors (Lipinski definition) is 7. The molecule has 0 bridgehead atoms. The first kappa shape index (κ1) is 26.1. The van der Waals surface area contributed by atoms with Gasteiger partial charge in [-0.25, -0.2) is 4.98 Å². The molecule has 0 radical (unpaired) electrons. The van der Waals surface area contributed by atoms with Crippen molar-refractivity contribution in [3.63, 3.8) is 0 Å². The molecule has 182 valence electrons. The van der Waals surface area contributed by atoms with Crippen LogP contribution in [-0.4, -0.2) is 23.2 Å². The maximum atomic E-state index is 13.0. The summed E-state index contributed by atoms with van der Waals surface area (Å²) in [6, 6.07) is 11.9. The predicted molar refractivity (Wildman–Crippen MR) is 127 cm³/mol. The lowest BCUT2D eigenvalue weighted by Crippen LogP contribution is -2.07. The van der Waals surface area contributed by atoms with Gasteiger partial charge in [-0.1, -0.05) is 29.8 Å². The average Bonchev–Trinajstić information content (AvgIpc) is 2.77. The van der Waals surface area contributed by atoms with E-state index in [-0.39, 0.29) is 30.7 Å². The van der Waals surface area contributed by atoms with E-state index in [1.807, 2.05) is 19.1 Å². The van der Waals surface area contributed by atoms with Gasteiger partial charge in [0.2, 0.25) is 5.75 Å². The molecule has 0 aliphatic carbocycles. The fourth-order valence-corrected chi connectivity index (χ4v) is 4.88. The summed E-state index contributed by atoms with van der Waals surface area (Å²) in [7, 11) is 0. The topological polar surface area (TPSA) is 62.7 Å². The summed E-state index contributed by atoms with van der Waals surface area (Å²) in [5.74, 6) is 0.846. The number of rotatable bonds is 9. The minimum absolute atomic E-state index is 0.0202. The largest absolute Gasteiger partial charge is 0.450 e. The lowest BCUT2D eigenvalue weighted by Gasteiger charge is -2.22. The standard InChI is InChI=1S/C23H24F3N2O4PS/c1-5-29-33(34,30-6-2)32-22-20(31-19-13-7-15(3)8-14-19)16(4)27-21(28-22)17-9-11-18(12-10-17)23(24,25)26/h7-14H,5-6H2,1-4H3. The zero-order valence-corrected chi connectivity index (χ0v) is 20.8. The molecule has 3 rings (SSSR count). The smallest absolute Gasteiger partial charge is 0.416 e. The maximum Gasteiger partial charge on any atom is 0.416 e. The Morgan fingerprint density at radius 1 is 0.882 bits per heavy atom. The van der Waals surface area contributed by atoms with Gasteiger partial charge in [0, 0.05) is 17.4 Å². The molecule has 1 aromatic heterocycles. The SMILES string of the molecule is CCOP(=S)(OCC)Oc1nc(-c2ccc(C(F)(F)F)cc2)nc(C)c1Oc1ccc(C)cc1. The lowest BCUT2D eigenvalue weighted by atomic mass is 10.1. The van der Waals surface area contributed by atoms with Gasteiger partial charge in [0.1, 0.15) is 5.75 Å². The molecule has 0 spiro atoms. The van der Waals surface area contributed by atoms with E-state index in [4.69, 9.17) is 30.1 Å². The highest BCUT2D eigenvalue weighted by Crippen LogP contribution is 2.52. The van der Waals surface area contributed by atoms with Gasteiger partial charge in [-0.05, 0) is 52.0 Å². The Morgan fingerprint density at radius 3 is 2.00 bits per heavy atom. The number of aryl methyl sites for hydroxylation is 2. The summed E-state index contributed by atoms with van der Waals surface area (Å²) >= 11 is 5.49. The molecule has 3 aromatic rings. The molecule has 0 aliphatic heterocycles. The van der Waals surface area contributed by atoms with E-state index < -0.39 is 18.5 Å². The maximum absolute atomic E-state index is 13.0. The zero-order valence-electron chi connectivity index (χ0n) is 19.0. The third kappa shape index (κ3) is 6.54. The second kappa shape index (κ2) is 10.8. The zero-order chi connectivity index (χ0) is 24.9. The minimum Gasteiger partial charge on any atom is -0.450 e. The third-order valence-electron chi connectivity index (χ3n) is 4.49. The van der Waals surface area contributed by atoms with Gasteiger partial charge in [-0.15, -0.1) is 0 Å². The second-order valence-corrected chi connectivity index (χ2v) is 10.1. The van der Waals surface area contributed by atoms with E-state index in [1.165, 1.54) is 12.1 Å². The first-order valence-electron chi connectivity index (χ1n) is 10.4. The first-order valence-corrected chi connectivity index (χ1v) is 13.0. The molecule has 0 saturated carbocycles. The van der Waals surface area contributed by atoms with Crippen LogP contribution in [0.3, 0.4) is 0 Å². The molecule has 1 heterocycles. The van der Waals surface area contributed by atoms with Crippen molar-refractivity contribution < 1.29 is 31.5 Å². The summed E-state index contributed by atoms with van der Waals surface area (Å²) in [5, 5.41) is 0. The highest BCUT2D eigenvalue weighted by atomic mass is 32.5. The van der Waals surface area contributed by atoms with Crippen LogP contribution in [0.5, 0.6) is 17.4 Å². The van der Waals surface area contributed by atoms with Gasteiger partial charge < -0.3 is 9.26 Å². The molecule has 0 N–H and O–H groups in total. The number of ether oxygens (including phenoxy) is 1. The number of halogens is 3. The summed E-state index contributed by atoms with van der Waals surface area (Å²) in [6.07, 6.45) is -4.45. The molecule has 0 amide bonds. The van der Waals surface area contributed by atoms with Crippen molar-refractivity contribution in [2.45, 2.75) is 33.9 Å². The van der Waals surface area contributed by atoms with Gasteiger partial charge >= 0.3 is 12.9 Å². The molecule has 0 unspecified atom stereocenters. The van der Waals surface area contributed by atoms with Crippen LogP contribution in [0.4, 0.5) is 13.2 Å². The summed E-state index contributed by atoms with van der Waals surface area (Å²) in [4.78, 5) is 8.85. The van der Waals surface area contributed by atoms with Gasteiger partial charge in [0.15, 0.2) is 5.82 Å². The van der Waals surface area contributed by atoms with Crippen LogP contribution in [0.1, 0.15) is 30.7 Å². The highest BCUT2D eigenvalue weighted by molar-refractivity contribution is 8.07. The van der Waals surface area contributed by atoms with Crippen LogP contribution in [0.15, 0.2) is 48.5 Å². The number of alkyl halides is 3. The highest BCUT2D eigenvalue weighted by Gasteiger charge is 2.30. The Kier molecular flexibility index (Phi) is 8.30.